The molecule has 0 saturated carbocycles. The lowest BCUT2D eigenvalue weighted by atomic mass is 9.90. The Bertz CT molecular complexity index is 1920. The van der Waals surface area contributed by atoms with Gasteiger partial charge in [0.05, 0.1) is 29.6 Å². The van der Waals surface area contributed by atoms with E-state index in [4.69, 9.17) is 9.72 Å². The number of benzene rings is 2. The lowest BCUT2D eigenvalue weighted by molar-refractivity contribution is -0.117. The number of aliphatic hydroxyl groups is 1. The number of nitrogens with one attached hydrogen (secondary N) is 2. The maximum atomic E-state index is 15.9. The molecule has 0 bridgehead atoms. The van der Waals surface area contributed by atoms with Gasteiger partial charge in [0.1, 0.15) is 35.4 Å². The molecule has 4 heterocycles. The molecule has 1 amide bonds. The minimum absolute atomic E-state index is 0.0196. The Morgan fingerprint density at radius 3 is 2.84 bits per heavy atom. The smallest absolute Gasteiger partial charge is 0.243 e. The summed E-state index contributed by atoms with van der Waals surface area (Å²) in [6.45, 7) is 7.96. The number of ether oxygens (including phenoxy) is 1. The number of hydrogen-bond acceptors (Lipinski definition) is 7. The van der Waals surface area contributed by atoms with Crippen molar-refractivity contribution >= 4 is 27.3 Å². The van der Waals surface area contributed by atoms with Gasteiger partial charge < -0.3 is 15.2 Å². The van der Waals surface area contributed by atoms with Gasteiger partial charge in [-0.3, -0.25) is 14.8 Å². The summed E-state index contributed by atoms with van der Waals surface area (Å²) in [5.41, 5.74) is 5.93. The average molecular weight is 630 g/mol. The molecule has 232 valence electrons. The van der Waals surface area contributed by atoms with Gasteiger partial charge in [-0.15, -0.1) is 11.3 Å². The second-order valence-corrected chi connectivity index (χ2v) is 12.1. The summed E-state index contributed by atoms with van der Waals surface area (Å²) in [6.07, 6.45) is 2.10. The number of hydrogen-bond donors (Lipinski definition) is 3. The van der Waals surface area contributed by atoms with Crippen LogP contribution in [0.4, 0.5) is 8.78 Å². The van der Waals surface area contributed by atoms with Crippen LogP contribution in [0.3, 0.4) is 0 Å². The first-order chi connectivity index (χ1) is 21.7. The fourth-order valence-corrected chi connectivity index (χ4v) is 6.81. The Morgan fingerprint density at radius 1 is 1.24 bits per heavy atom. The van der Waals surface area contributed by atoms with Crippen molar-refractivity contribution in [3.05, 3.63) is 89.0 Å². The molecule has 1 aliphatic rings. The van der Waals surface area contributed by atoms with Gasteiger partial charge in [0.25, 0.3) is 0 Å². The quantitative estimate of drug-likeness (QED) is 0.159. The number of halogens is 2. The number of aromatic amines is 1. The van der Waals surface area contributed by atoms with E-state index in [1.807, 2.05) is 11.4 Å². The van der Waals surface area contributed by atoms with Crippen LogP contribution < -0.4 is 10.1 Å². The number of carbonyl (C=O) groups excluding carboxylic acids is 1. The first kappa shape index (κ1) is 30.6. The molecule has 5 aromatic rings. The zero-order chi connectivity index (χ0) is 31.8. The number of pyridine rings is 1. The number of thiophene rings is 1. The van der Waals surface area contributed by atoms with E-state index in [0.29, 0.717) is 34.4 Å². The molecule has 11 heteroatoms. The number of rotatable bonds is 9. The predicted octanol–water partition coefficient (Wildman–Crippen LogP) is 6.58. The molecular formula is C34H33F2N5O3S. The van der Waals surface area contributed by atoms with Gasteiger partial charge >= 0.3 is 0 Å². The van der Waals surface area contributed by atoms with Gasteiger partial charge in [0, 0.05) is 45.9 Å². The molecule has 3 aromatic heterocycles. The molecular weight excluding hydrogens is 596 g/mol. The molecule has 3 N–H and O–H groups in total. The standard InChI is InChI=1S/C34H33F2N5O3S/c1-5-29(43)37-18(2)26-17-27(40-39-26)33-31(30-25(36)15-22(35)16-28(30)44-12-11-42)34-24(9-13-45-34)32(38-33)21-6-7-23-19(3)41(4)10-8-20(23)14-21/h5-7,9,13-19,42H,1,8,10-12H2,2-4H3,(H,37,43)(H,39,40). The molecule has 0 saturated heterocycles. The van der Waals surface area contributed by atoms with E-state index in [-0.39, 0.29) is 30.4 Å². The number of H-pyrrole nitrogens is 1. The largest absolute Gasteiger partial charge is 0.490 e. The molecule has 0 fully saturated rings. The van der Waals surface area contributed by atoms with Gasteiger partial charge in [-0.25, -0.2) is 13.8 Å². The highest BCUT2D eigenvalue weighted by atomic mass is 32.1. The zero-order valence-electron chi connectivity index (χ0n) is 25.2. The average Bonchev–Trinajstić information content (AvgIpc) is 3.72. The van der Waals surface area contributed by atoms with E-state index in [1.165, 1.54) is 28.5 Å². The van der Waals surface area contributed by atoms with Crippen molar-refractivity contribution in [2.45, 2.75) is 32.4 Å². The van der Waals surface area contributed by atoms with Gasteiger partial charge in [-0.1, -0.05) is 18.7 Å². The first-order valence-electron chi connectivity index (χ1n) is 14.7. The second-order valence-electron chi connectivity index (χ2n) is 11.1. The minimum Gasteiger partial charge on any atom is -0.490 e. The number of fused-ring (bicyclic) bond motifs is 2. The van der Waals surface area contributed by atoms with Crippen molar-refractivity contribution in [2.24, 2.45) is 0 Å². The second kappa shape index (κ2) is 12.5. The van der Waals surface area contributed by atoms with Crippen molar-refractivity contribution in [3.8, 4) is 39.5 Å². The zero-order valence-corrected chi connectivity index (χ0v) is 26.0. The van der Waals surface area contributed by atoms with E-state index in [1.54, 1.807) is 13.0 Å². The SMILES string of the molecule is C=CC(=O)NC(C)c1cc(-c2nc(-c3ccc4c(c3)CCN(C)C4C)c3ccsc3c2-c2c(F)cc(F)cc2OCCO)n[nH]1. The first-order valence-corrected chi connectivity index (χ1v) is 15.5. The topological polar surface area (TPSA) is 103 Å². The Labute approximate surface area is 263 Å². The Kier molecular flexibility index (Phi) is 8.50. The third-order valence-electron chi connectivity index (χ3n) is 8.34. The van der Waals surface area contributed by atoms with Crippen molar-refractivity contribution in [1.29, 1.82) is 0 Å². The summed E-state index contributed by atoms with van der Waals surface area (Å²) < 4.78 is 36.7. The molecule has 0 radical (unpaired) electrons. The lowest BCUT2D eigenvalue weighted by Gasteiger charge is -2.32. The van der Waals surface area contributed by atoms with Gasteiger partial charge in [-0.2, -0.15) is 5.10 Å². The van der Waals surface area contributed by atoms with Crippen molar-refractivity contribution in [1.82, 2.24) is 25.4 Å². The normalized spacial score (nSPS) is 15.6. The van der Waals surface area contributed by atoms with Crippen LogP contribution in [0.1, 0.15) is 42.8 Å². The maximum absolute atomic E-state index is 15.9. The van der Waals surface area contributed by atoms with Crippen LogP contribution in [0.15, 0.2) is 60.5 Å². The molecule has 8 nitrogen and oxygen atoms in total. The Hall–Kier alpha value is -4.45. The molecule has 2 unspecified atom stereocenters. The van der Waals surface area contributed by atoms with E-state index in [0.717, 1.165) is 40.7 Å². The van der Waals surface area contributed by atoms with Crippen LogP contribution in [0.5, 0.6) is 5.75 Å². The monoisotopic (exact) mass is 629 g/mol. The number of aliphatic hydroxyl groups excluding tert-OH is 1. The number of likely N-dealkylation sites (N-methyl/N-ethyl adjacent to an activating group) is 1. The van der Waals surface area contributed by atoms with E-state index in [9.17, 15) is 14.3 Å². The highest BCUT2D eigenvalue weighted by Crippen LogP contribution is 2.47. The number of amides is 1. The van der Waals surface area contributed by atoms with Gasteiger partial charge in [0.15, 0.2) is 0 Å². The summed E-state index contributed by atoms with van der Waals surface area (Å²) in [5, 5.41) is 22.5. The molecule has 45 heavy (non-hydrogen) atoms. The summed E-state index contributed by atoms with van der Waals surface area (Å²) >= 11 is 1.41. The van der Waals surface area contributed by atoms with Crippen molar-refractivity contribution < 1.29 is 23.4 Å². The van der Waals surface area contributed by atoms with E-state index >= 15 is 4.39 Å². The van der Waals surface area contributed by atoms with Gasteiger partial charge in [-0.05, 0) is 68.1 Å². The van der Waals surface area contributed by atoms with Gasteiger partial charge in [0.2, 0.25) is 5.91 Å². The summed E-state index contributed by atoms with van der Waals surface area (Å²) in [4.78, 5) is 19.5. The molecule has 1 aliphatic heterocycles. The van der Waals surface area contributed by atoms with Crippen LogP contribution in [-0.2, 0) is 11.2 Å². The summed E-state index contributed by atoms with van der Waals surface area (Å²) in [5.74, 6) is -2.03. The van der Waals surface area contributed by atoms with E-state index in [2.05, 4.69) is 59.2 Å². The molecule has 2 atom stereocenters. The highest BCUT2D eigenvalue weighted by molar-refractivity contribution is 7.18. The lowest BCUT2D eigenvalue weighted by Crippen LogP contribution is -2.30. The van der Waals surface area contributed by atoms with Crippen LogP contribution in [-0.4, -0.2) is 57.9 Å². The third-order valence-corrected chi connectivity index (χ3v) is 9.27. The summed E-state index contributed by atoms with van der Waals surface area (Å²) in [6, 6.07) is 11.9. The van der Waals surface area contributed by atoms with Crippen LogP contribution in [0.25, 0.3) is 43.9 Å². The maximum Gasteiger partial charge on any atom is 0.243 e. The molecule has 0 aliphatic carbocycles. The Morgan fingerprint density at radius 2 is 2.07 bits per heavy atom. The third kappa shape index (κ3) is 5.74. The van der Waals surface area contributed by atoms with Crippen molar-refractivity contribution in [3.63, 3.8) is 0 Å². The number of aromatic nitrogens is 3. The van der Waals surface area contributed by atoms with Crippen molar-refractivity contribution in [2.75, 3.05) is 26.8 Å². The number of carbonyl (C=O) groups is 1. The van der Waals surface area contributed by atoms with Crippen LogP contribution in [0.2, 0.25) is 0 Å². The highest BCUT2D eigenvalue weighted by Gasteiger charge is 2.28. The minimum atomic E-state index is -0.831. The molecule has 6 rings (SSSR count). The molecule has 2 aromatic carbocycles. The van der Waals surface area contributed by atoms with E-state index < -0.39 is 17.7 Å². The molecule has 0 spiro atoms. The van der Waals surface area contributed by atoms with Crippen LogP contribution in [0, 0.1) is 11.6 Å². The summed E-state index contributed by atoms with van der Waals surface area (Å²) in [7, 11) is 2.12. The fourth-order valence-electron chi connectivity index (χ4n) is 5.86. The Balaban J connectivity index is 1.60. The predicted molar refractivity (Wildman–Crippen MR) is 172 cm³/mol. The van der Waals surface area contributed by atoms with Crippen LogP contribution >= 0.6 is 11.3 Å². The fraction of sp³-hybridized carbons (Fsp3) is 0.265. The number of nitrogens with zero attached hydrogens (tertiary/aromatic N) is 3.